The van der Waals surface area contributed by atoms with Gasteiger partial charge in [0, 0.05) is 32.1 Å². The van der Waals surface area contributed by atoms with Crippen molar-refractivity contribution in [3.05, 3.63) is 39.6 Å². The molecule has 8 heteroatoms. The standard InChI is InChI=1S/C18H20FN3O4/c1-10-9-26-16-14-11(10)7-12(18(24)25)17(23)22(14)8-13(19)15(16)21-5-3-20(2)4-6-21/h7-8,10H,3-6,9H2,1-2H3,(H,24,25)/t10-/m0/s1. The third-order valence-electron chi connectivity index (χ3n) is 5.22. The highest BCUT2D eigenvalue weighted by Gasteiger charge is 2.31. The normalized spacial score (nSPS) is 20.3. The van der Waals surface area contributed by atoms with E-state index in [0.29, 0.717) is 42.2 Å². The number of carboxylic acid groups (broad SMARTS) is 1. The number of piperazine rings is 1. The summed E-state index contributed by atoms with van der Waals surface area (Å²) in [6, 6.07) is 1.41. The molecule has 0 unspecified atom stereocenters. The van der Waals surface area contributed by atoms with Gasteiger partial charge in [-0.3, -0.25) is 9.20 Å². The van der Waals surface area contributed by atoms with Crippen LogP contribution in [0.3, 0.4) is 0 Å². The number of anilines is 1. The average Bonchev–Trinajstić information content (AvgIpc) is 2.60. The van der Waals surface area contributed by atoms with Crippen molar-refractivity contribution in [3.63, 3.8) is 0 Å². The van der Waals surface area contributed by atoms with Gasteiger partial charge in [0.25, 0.3) is 5.56 Å². The summed E-state index contributed by atoms with van der Waals surface area (Å²) in [5.41, 5.74) is 0.407. The van der Waals surface area contributed by atoms with Crippen LogP contribution < -0.4 is 15.2 Å². The first-order valence-corrected chi connectivity index (χ1v) is 8.60. The largest absolute Gasteiger partial charge is 0.488 e. The number of carboxylic acids is 1. The number of pyridine rings is 2. The molecule has 7 nitrogen and oxygen atoms in total. The van der Waals surface area contributed by atoms with Crippen LogP contribution in [0.1, 0.15) is 28.8 Å². The summed E-state index contributed by atoms with van der Waals surface area (Å²) >= 11 is 0. The summed E-state index contributed by atoms with van der Waals surface area (Å²) < 4.78 is 21.9. The van der Waals surface area contributed by atoms with Gasteiger partial charge in [-0.05, 0) is 18.7 Å². The molecule has 0 aliphatic carbocycles. The molecule has 1 N–H and O–H groups in total. The van der Waals surface area contributed by atoms with E-state index >= 15 is 0 Å². The number of aromatic nitrogens is 1. The van der Waals surface area contributed by atoms with E-state index < -0.39 is 17.3 Å². The van der Waals surface area contributed by atoms with E-state index in [4.69, 9.17) is 4.74 Å². The fraction of sp³-hybridized carbons (Fsp3) is 0.444. The van der Waals surface area contributed by atoms with Crippen LogP contribution in [0.4, 0.5) is 10.1 Å². The first-order chi connectivity index (χ1) is 12.4. The summed E-state index contributed by atoms with van der Waals surface area (Å²) in [6.45, 7) is 5.12. The number of hydrogen-bond acceptors (Lipinski definition) is 5. The van der Waals surface area contributed by atoms with Crippen LogP contribution in [-0.4, -0.2) is 60.2 Å². The maximum atomic E-state index is 15.0. The predicted octanol–water partition coefficient (Wildman–Crippen LogP) is 1.38. The fourth-order valence-corrected chi connectivity index (χ4v) is 3.70. The number of aromatic carboxylic acids is 1. The molecule has 0 radical (unpaired) electrons. The molecule has 2 aromatic heterocycles. The summed E-state index contributed by atoms with van der Waals surface area (Å²) in [4.78, 5) is 28.1. The zero-order valence-corrected chi connectivity index (χ0v) is 14.7. The van der Waals surface area contributed by atoms with Gasteiger partial charge >= 0.3 is 5.97 Å². The molecule has 1 fully saturated rings. The van der Waals surface area contributed by atoms with E-state index in [2.05, 4.69) is 4.90 Å². The minimum atomic E-state index is -1.32. The maximum Gasteiger partial charge on any atom is 0.341 e. The second-order valence-electron chi connectivity index (χ2n) is 7.00. The number of ether oxygens (including phenoxy) is 1. The molecule has 2 aliphatic heterocycles. The van der Waals surface area contributed by atoms with Crippen LogP contribution in [0.5, 0.6) is 5.75 Å². The Morgan fingerprint density at radius 3 is 2.65 bits per heavy atom. The topological polar surface area (TPSA) is 74.5 Å². The van der Waals surface area contributed by atoms with Crippen LogP contribution in [0.25, 0.3) is 5.52 Å². The van der Waals surface area contributed by atoms with Crippen molar-refractivity contribution in [3.8, 4) is 5.75 Å². The molecular weight excluding hydrogens is 341 g/mol. The van der Waals surface area contributed by atoms with E-state index in [1.54, 1.807) is 0 Å². The lowest BCUT2D eigenvalue weighted by molar-refractivity contribution is 0.0694. The number of hydrogen-bond donors (Lipinski definition) is 1. The lowest BCUT2D eigenvalue weighted by Crippen LogP contribution is -2.45. The Kier molecular flexibility index (Phi) is 3.87. The number of nitrogens with zero attached hydrogens (tertiary/aromatic N) is 3. The number of carbonyl (C=O) groups is 1. The van der Waals surface area contributed by atoms with Crippen LogP contribution in [-0.2, 0) is 0 Å². The Morgan fingerprint density at radius 2 is 2.00 bits per heavy atom. The molecule has 26 heavy (non-hydrogen) atoms. The lowest BCUT2D eigenvalue weighted by atomic mass is 9.96. The van der Waals surface area contributed by atoms with Gasteiger partial charge < -0.3 is 19.6 Å². The van der Waals surface area contributed by atoms with Gasteiger partial charge in [-0.2, -0.15) is 0 Å². The smallest absolute Gasteiger partial charge is 0.341 e. The Morgan fingerprint density at radius 1 is 1.31 bits per heavy atom. The second kappa shape index (κ2) is 5.98. The van der Waals surface area contributed by atoms with E-state index in [9.17, 15) is 19.1 Å². The van der Waals surface area contributed by atoms with E-state index in [-0.39, 0.29) is 11.5 Å². The van der Waals surface area contributed by atoms with Crippen molar-refractivity contribution in [1.29, 1.82) is 0 Å². The Bertz CT molecular complexity index is 963. The maximum absolute atomic E-state index is 15.0. The minimum Gasteiger partial charge on any atom is -0.488 e. The zero-order chi connectivity index (χ0) is 18.6. The molecule has 1 saturated heterocycles. The third kappa shape index (κ3) is 2.44. The fourth-order valence-electron chi connectivity index (χ4n) is 3.70. The molecule has 138 valence electrons. The van der Waals surface area contributed by atoms with E-state index in [1.807, 2.05) is 18.9 Å². The summed E-state index contributed by atoms with van der Waals surface area (Å²) in [5, 5.41) is 9.32. The number of likely N-dealkylation sites (N-methyl/N-ethyl adjacent to an activating group) is 1. The third-order valence-corrected chi connectivity index (χ3v) is 5.22. The minimum absolute atomic E-state index is 0.0954. The second-order valence-corrected chi connectivity index (χ2v) is 7.00. The Labute approximate surface area is 149 Å². The van der Waals surface area contributed by atoms with E-state index in [1.165, 1.54) is 6.07 Å². The van der Waals surface area contributed by atoms with Crippen molar-refractivity contribution in [2.75, 3.05) is 44.7 Å². The van der Waals surface area contributed by atoms with Crippen molar-refractivity contribution in [2.24, 2.45) is 0 Å². The van der Waals surface area contributed by atoms with Gasteiger partial charge in [-0.15, -0.1) is 0 Å². The van der Waals surface area contributed by atoms with Gasteiger partial charge in [0.2, 0.25) is 0 Å². The molecule has 0 aromatic carbocycles. The average molecular weight is 361 g/mol. The van der Waals surface area contributed by atoms with Gasteiger partial charge in [0.15, 0.2) is 11.6 Å². The summed E-state index contributed by atoms with van der Waals surface area (Å²) in [7, 11) is 2.02. The number of halogens is 1. The SMILES string of the molecule is C[C@H]1COc2c(N3CCN(C)CC3)c(F)cn3c(=O)c(C(=O)O)cc1c23. The summed E-state index contributed by atoms with van der Waals surface area (Å²) in [5.74, 6) is -1.66. The Hall–Kier alpha value is -2.61. The molecule has 0 amide bonds. The van der Waals surface area contributed by atoms with Crippen molar-refractivity contribution in [1.82, 2.24) is 9.30 Å². The molecule has 2 aromatic rings. The molecule has 0 saturated carbocycles. The molecule has 2 aliphatic rings. The Balaban J connectivity index is 2.00. The molecule has 4 rings (SSSR count). The van der Waals surface area contributed by atoms with Crippen LogP contribution in [0.2, 0.25) is 0 Å². The molecule has 0 spiro atoms. The summed E-state index contributed by atoms with van der Waals surface area (Å²) in [6.07, 6.45) is 1.09. The van der Waals surface area contributed by atoms with Gasteiger partial charge in [-0.1, -0.05) is 6.92 Å². The van der Waals surface area contributed by atoms with Crippen molar-refractivity contribution in [2.45, 2.75) is 12.8 Å². The van der Waals surface area contributed by atoms with Gasteiger partial charge in [0.1, 0.15) is 11.3 Å². The van der Waals surface area contributed by atoms with E-state index in [0.717, 1.165) is 23.7 Å². The van der Waals surface area contributed by atoms with Gasteiger partial charge in [0.05, 0.1) is 18.3 Å². The monoisotopic (exact) mass is 361 g/mol. The number of rotatable bonds is 2. The molecule has 4 heterocycles. The van der Waals surface area contributed by atoms with Crippen molar-refractivity contribution >= 4 is 17.2 Å². The highest BCUT2D eigenvalue weighted by Crippen LogP contribution is 2.42. The van der Waals surface area contributed by atoms with Crippen LogP contribution >= 0.6 is 0 Å². The van der Waals surface area contributed by atoms with Crippen molar-refractivity contribution < 1.29 is 19.0 Å². The highest BCUT2D eigenvalue weighted by molar-refractivity contribution is 5.90. The molecular formula is C18H20FN3O4. The lowest BCUT2D eigenvalue weighted by Gasteiger charge is -2.36. The quantitative estimate of drug-likeness (QED) is 0.871. The predicted molar refractivity (Wildman–Crippen MR) is 94.2 cm³/mol. The molecule has 1 atom stereocenters. The molecule has 0 bridgehead atoms. The van der Waals surface area contributed by atoms with Crippen LogP contribution in [0.15, 0.2) is 17.1 Å². The van der Waals surface area contributed by atoms with Gasteiger partial charge in [-0.25, -0.2) is 9.18 Å². The first-order valence-electron chi connectivity index (χ1n) is 8.60. The highest BCUT2D eigenvalue weighted by atomic mass is 19.1. The zero-order valence-electron chi connectivity index (χ0n) is 14.7. The van der Waals surface area contributed by atoms with Crippen LogP contribution in [0, 0.1) is 5.82 Å². The first kappa shape index (κ1) is 16.8.